The van der Waals surface area contributed by atoms with Gasteiger partial charge < -0.3 is 14.6 Å². The fraction of sp³-hybridized carbons (Fsp3) is 0.154. The van der Waals surface area contributed by atoms with Crippen molar-refractivity contribution in [2.75, 3.05) is 6.61 Å². The number of carbonyl (C=O) groups is 1. The van der Waals surface area contributed by atoms with Crippen molar-refractivity contribution in [3.63, 3.8) is 0 Å². The second-order valence-electron chi connectivity index (χ2n) is 3.65. The molecule has 1 N–H and O–H groups in total. The van der Waals surface area contributed by atoms with E-state index in [0.717, 1.165) is 0 Å². The van der Waals surface area contributed by atoms with Crippen molar-refractivity contribution in [1.82, 2.24) is 10.5 Å². The Morgan fingerprint density at radius 2 is 2.26 bits per heavy atom. The number of nitriles is 1. The molecule has 6 nitrogen and oxygen atoms in total. The number of benzene rings is 1. The number of carbonyl (C=O) groups excluding carboxylic acids is 1. The Balaban J connectivity index is 1.82. The third-order valence-electron chi connectivity index (χ3n) is 2.32. The minimum Gasteiger partial charge on any atom is -0.482 e. The van der Waals surface area contributed by atoms with Crippen LogP contribution in [0.1, 0.15) is 11.3 Å². The molecule has 19 heavy (non-hydrogen) atoms. The molecule has 0 fully saturated rings. The third kappa shape index (κ3) is 3.57. The largest absolute Gasteiger partial charge is 0.482 e. The quantitative estimate of drug-likeness (QED) is 0.870. The van der Waals surface area contributed by atoms with Gasteiger partial charge in [-0.25, -0.2) is 0 Å². The molecular formula is C13H11N3O3. The summed E-state index contributed by atoms with van der Waals surface area (Å²) in [5.74, 6) is 0.648. The number of para-hydroxylation sites is 1. The van der Waals surface area contributed by atoms with Crippen molar-refractivity contribution in [1.29, 1.82) is 5.26 Å². The van der Waals surface area contributed by atoms with Crippen LogP contribution in [0.25, 0.3) is 0 Å². The van der Waals surface area contributed by atoms with Crippen LogP contribution in [0, 0.1) is 11.3 Å². The second kappa shape index (κ2) is 6.21. The van der Waals surface area contributed by atoms with Crippen LogP contribution in [0.4, 0.5) is 0 Å². The van der Waals surface area contributed by atoms with Crippen LogP contribution in [0.3, 0.4) is 0 Å². The summed E-state index contributed by atoms with van der Waals surface area (Å²) in [7, 11) is 0. The maximum absolute atomic E-state index is 11.5. The molecule has 0 aliphatic rings. The SMILES string of the molecule is N#Cc1ccccc1OCC(=O)NCc1ccno1. The molecule has 0 bridgehead atoms. The first-order valence-corrected chi connectivity index (χ1v) is 5.58. The number of ether oxygens (including phenoxy) is 1. The van der Waals surface area contributed by atoms with Gasteiger partial charge in [0.25, 0.3) is 5.91 Å². The van der Waals surface area contributed by atoms with Gasteiger partial charge in [-0.15, -0.1) is 0 Å². The highest BCUT2D eigenvalue weighted by atomic mass is 16.5. The molecule has 1 aromatic carbocycles. The van der Waals surface area contributed by atoms with Gasteiger partial charge in [0.1, 0.15) is 11.8 Å². The van der Waals surface area contributed by atoms with Crippen LogP contribution in [-0.4, -0.2) is 17.7 Å². The number of aromatic nitrogens is 1. The fourth-order valence-corrected chi connectivity index (χ4v) is 1.40. The lowest BCUT2D eigenvalue weighted by molar-refractivity contribution is -0.123. The van der Waals surface area contributed by atoms with E-state index in [1.807, 2.05) is 6.07 Å². The molecule has 6 heteroatoms. The van der Waals surface area contributed by atoms with Crippen molar-refractivity contribution in [3.8, 4) is 11.8 Å². The van der Waals surface area contributed by atoms with Gasteiger partial charge in [0, 0.05) is 6.07 Å². The van der Waals surface area contributed by atoms with Crippen molar-refractivity contribution in [3.05, 3.63) is 47.9 Å². The van der Waals surface area contributed by atoms with E-state index in [1.165, 1.54) is 6.20 Å². The number of hydrogen-bond acceptors (Lipinski definition) is 5. The van der Waals surface area contributed by atoms with E-state index >= 15 is 0 Å². The summed E-state index contributed by atoms with van der Waals surface area (Å²) in [4.78, 5) is 11.5. The van der Waals surface area contributed by atoms with E-state index in [1.54, 1.807) is 30.3 Å². The summed E-state index contributed by atoms with van der Waals surface area (Å²) in [5, 5.41) is 15.0. The summed E-state index contributed by atoms with van der Waals surface area (Å²) in [6, 6.07) is 10.4. The molecule has 2 rings (SSSR count). The molecule has 1 amide bonds. The summed E-state index contributed by atoms with van der Waals surface area (Å²) in [6.45, 7) is 0.0922. The molecule has 1 heterocycles. The minimum atomic E-state index is -0.302. The molecule has 0 radical (unpaired) electrons. The number of nitrogens with one attached hydrogen (secondary N) is 1. The van der Waals surface area contributed by atoms with Gasteiger partial charge in [-0.2, -0.15) is 5.26 Å². The highest BCUT2D eigenvalue weighted by Crippen LogP contribution is 2.16. The topological polar surface area (TPSA) is 88.1 Å². The average Bonchev–Trinajstić information content (AvgIpc) is 2.96. The predicted molar refractivity (Wildman–Crippen MR) is 65.0 cm³/mol. The zero-order chi connectivity index (χ0) is 13.5. The van der Waals surface area contributed by atoms with Crippen LogP contribution in [0.2, 0.25) is 0 Å². The summed E-state index contributed by atoms with van der Waals surface area (Å²) in [6.07, 6.45) is 1.50. The third-order valence-corrected chi connectivity index (χ3v) is 2.32. The molecule has 0 atom stereocenters. The first-order valence-electron chi connectivity index (χ1n) is 5.58. The molecule has 1 aromatic heterocycles. The number of hydrogen-bond donors (Lipinski definition) is 1. The Kier molecular flexibility index (Phi) is 4.13. The van der Waals surface area contributed by atoms with Gasteiger partial charge in [-0.1, -0.05) is 17.3 Å². The molecule has 0 aliphatic carbocycles. The molecule has 0 saturated heterocycles. The van der Waals surface area contributed by atoms with E-state index in [9.17, 15) is 4.79 Å². The standard InChI is InChI=1S/C13H11N3O3/c14-7-10-3-1-2-4-12(10)18-9-13(17)15-8-11-5-6-16-19-11/h1-6H,8-9H2,(H,15,17). The molecular weight excluding hydrogens is 246 g/mol. The molecule has 96 valence electrons. The molecule has 0 spiro atoms. The predicted octanol–water partition coefficient (Wildman–Crippen LogP) is 1.24. The van der Waals surface area contributed by atoms with Crippen LogP contribution >= 0.6 is 0 Å². The number of rotatable bonds is 5. The lowest BCUT2D eigenvalue weighted by Gasteiger charge is -2.07. The Hall–Kier alpha value is -2.81. The van der Waals surface area contributed by atoms with Crippen molar-refractivity contribution in [2.24, 2.45) is 0 Å². The van der Waals surface area contributed by atoms with Gasteiger partial charge in [0.05, 0.1) is 18.3 Å². The summed E-state index contributed by atoms with van der Waals surface area (Å²) < 4.78 is 10.1. The van der Waals surface area contributed by atoms with E-state index in [4.69, 9.17) is 14.5 Å². The highest BCUT2D eigenvalue weighted by Gasteiger charge is 2.06. The van der Waals surface area contributed by atoms with E-state index in [2.05, 4.69) is 10.5 Å². The van der Waals surface area contributed by atoms with Crippen LogP contribution in [0.5, 0.6) is 5.75 Å². The first kappa shape index (κ1) is 12.6. The van der Waals surface area contributed by atoms with Gasteiger partial charge in [-0.3, -0.25) is 4.79 Å². The fourth-order valence-electron chi connectivity index (χ4n) is 1.40. The Labute approximate surface area is 109 Å². The lowest BCUT2D eigenvalue weighted by Crippen LogP contribution is -2.28. The van der Waals surface area contributed by atoms with Crippen LogP contribution in [0.15, 0.2) is 41.1 Å². The minimum absolute atomic E-state index is 0.160. The zero-order valence-corrected chi connectivity index (χ0v) is 10.00. The van der Waals surface area contributed by atoms with Crippen LogP contribution in [-0.2, 0) is 11.3 Å². The van der Waals surface area contributed by atoms with Gasteiger partial charge in [0.2, 0.25) is 0 Å². The van der Waals surface area contributed by atoms with Crippen LogP contribution < -0.4 is 10.1 Å². The highest BCUT2D eigenvalue weighted by molar-refractivity contribution is 5.77. The molecule has 0 unspecified atom stereocenters. The normalized spacial score (nSPS) is 9.63. The van der Waals surface area contributed by atoms with Gasteiger partial charge in [0.15, 0.2) is 12.4 Å². The summed E-state index contributed by atoms with van der Waals surface area (Å²) >= 11 is 0. The van der Waals surface area contributed by atoms with Crippen molar-refractivity contribution < 1.29 is 14.1 Å². The maximum atomic E-state index is 11.5. The Bertz CT molecular complexity index is 587. The lowest BCUT2D eigenvalue weighted by atomic mass is 10.2. The zero-order valence-electron chi connectivity index (χ0n) is 10.00. The van der Waals surface area contributed by atoms with Crippen molar-refractivity contribution in [2.45, 2.75) is 6.54 Å². The maximum Gasteiger partial charge on any atom is 0.258 e. The Morgan fingerprint density at radius 3 is 3.00 bits per heavy atom. The molecule has 0 saturated carbocycles. The molecule has 2 aromatic rings. The number of nitrogens with zero attached hydrogens (tertiary/aromatic N) is 2. The average molecular weight is 257 g/mol. The first-order chi connectivity index (χ1) is 9.29. The van der Waals surface area contributed by atoms with Gasteiger partial charge >= 0.3 is 0 Å². The van der Waals surface area contributed by atoms with E-state index in [-0.39, 0.29) is 19.1 Å². The monoisotopic (exact) mass is 257 g/mol. The van der Waals surface area contributed by atoms with Gasteiger partial charge in [-0.05, 0) is 12.1 Å². The van der Waals surface area contributed by atoms with Crippen molar-refractivity contribution >= 4 is 5.91 Å². The smallest absolute Gasteiger partial charge is 0.258 e. The second-order valence-corrected chi connectivity index (χ2v) is 3.65. The van der Waals surface area contributed by atoms with E-state index in [0.29, 0.717) is 17.1 Å². The Morgan fingerprint density at radius 1 is 1.42 bits per heavy atom. The van der Waals surface area contributed by atoms with E-state index < -0.39 is 0 Å². The summed E-state index contributed by atoms with van der Waals surface area (Å²) in [5.41, 5.74) is 0.394. The number of amides is 1. The molecule has 0 aliphatic heterocycles.